The molecule has 10 heteroatoms. The van der Waals surface area contributed by atoms with Gasteiger partial charge in [-0.25, -0.2) is 21.6 Å². The van der Waals surface area contributed by atoms with Crippen molar-refractivity contribution in [3.63, 3.8) is 0 Å². The van der Waals surface area contributed by atoms with Crippen LogP contribution >= 0.6 is 0 Å². The molecule has 2 N–H and O–H groups in total. The molecule has 2 aromatic rings. The molecule has 8 nitrogen and oxygen atoms in total. The van der Waals surface area contributed by atoms with Gasteiger partial charge in [-0.05, 0) is 61.4 Å². The monoisotopic (exact) mass is 451 g/mol. The van der Waals surface area contributed by atoms with Crippen molar-refractivity contribution in [1.29, 1.82) is 0 Å². The zero-order valence-electron chi connectivity index (χ0n) is 16.8. The van der Waals surface area contributed by atoms with Crippen molar-refractivity contribution in [2.24, 2.45) is 0 Å². The fourth-order valence-electron chi connectivity index (χ4n) is 2.90. The second kappa shape index (κ2) is 8.84. The summed E-state index contributed by atoms with van der Waals surface area (Å²) in [5.41, 5.74) is 0.728. The van der Waals surface area contributed by atoms with E-state index < -0.39 is 26.0 Å². The number of amides is 1. The Morgan fingerprint density at radius 3 is 1.93 bits per heavy atom. The number of carbonyl (C=O) groups is 1. The van der Waals surface area contributed by atoms with E-state index in [1.165, 1.54) is 52.8 Å². The summed E-state index contributed by atoms with van der Waals surface area (Å²) in [6.07, 6.45) is 1.68. The second-order valence-corrected chi connectivity index (χ2v) is 10.6. The molecule has 1 fully saturated rings. The lowest BCUT2D eigenvalue weighted by molar-refractivity contribution is 0.102. The average molecular weight is 452 g/mol. The van der Waals surface area contributed by atoms with Crippen molar-refractivity contribution >= 4 is 31.6 Å². The van der Waals surface area contributed by atoms with E-state index in [1.54, 1.807) is 13.8 Å². The van der Waals surface area contributed by atoms with Crippen molar-refractivity contribution in [3.8, 4) is 0 Å². The number of hydrogen-bond acceptors (Lipinski definition) is 5. The van der Waals surface area contributed by atoms with Crippen LogP contribution in [-0.2, 0) is 20.0 Å². The van der Waals surface area contributed by atoms with E-state index in [0.717, 1.165) is 12.8 Å². The normalized spacial score (nSPS) is 14.6. The molecule has 1 aliphatic carbocycles. The van der Waals surface area contributed by atoms with Crippen molar-refractivity contribution in [1.82, 2.24) is 9.03 Å². The molecule has 0 aromatic heterocycles. The van der Waals surface area contributed by atoms with Gasteiger partial charge in [0.1, 0.15) is 0 Å². The highest BCUT2D eigenvalue weighted by molar-refractivity contribution is 7.89. The van der Waals surface area contributed by atoms with Gasteiger partial charge in [-0.15, -0.1) is 0 Å². The van der Waals surface area contributed by atoms with Gasteiger partial charge in [-0.1, -0.05) is 13.8 Å². The third-order valence-electron chi connectivity index (χ3n) is 4.78. The maximum absolute atomic E-state index is 12.5. The standard InChI is InChI=1S/C20H25N3O5S2/c1-3-23(4-2)30(27,28)19-13-9-16(10-14-19)21-20(24)15-5-11-18(12-6-15)29(25,26)22-17-7-8-17/h5-6,9-14,17,22H,3-4,7-8H2,1-2H3,(H,21,24). The molecule has 0 spiro atoms. The molecule has 0 heterocycles. The van der Waals surface area contributed by atoms with E-state index >= 15 is 0 Å². The van der Waals surface area contributed by atoms with E-state index in [-0.39, 0.29) is 15.8 Å². The van der Waals surface area contributed by atoms with Crippen LogP contribution < -0.4 is 10.0 Å². The molecule has 1 saturated carbocycles. The summed E-state index contributed by atoms with van der Waals surface area (Å²) in [7, 11) is -7.14. The highest BCUT2D eigenvalue weighted by Crippen LogP contribution is 2.23. The summed E-state index contributed by atoms with van der Waals surface area (Å²) >= 11 is 0. The Hall–Kier alpha value is -2.27. The van der Waals surface area contributed by atoms with Crippen LogP contribution in [-0.4, -0.2) is 46.2 Å². The van der Waals surface area contributed by atoms with E-state index in [4.69, 9.17) is 0 Å². The van der Waals surface area contributed by atoms with Gasteiger partial charge < -0.3 is 5.32 Å². The molecule has 1 amide bonds. The predicted molar refractivity (Wildman–Crippen MR) is 114 cm³/mol. The quantitative estimate of drug-likeness (QED) is 0.608. The van der Waals surface area contributed by atoms with Gasteiger partial charge in [0.25, 0.3) is 5.91 Å². The summed E-state index contributed by atoms with van der Waals surface area (Å²) in [5, 5.41) is 2.68. The Kier molecular flexibility index (Phi) is 6.61. The number of nitrogens with zero attached hydrogens (tertiary/aromatic N) is 1. The lowest BCUT2D eigenvalue weighted by Gasteiger charge is -2.18. The summed E-state index contributed by atoms with van der Waals surface area (Å²) in [4.78, 5) is 12.7. The molecule has 0 saturated heterocycles. The number of rotatable bonds is 9. The summed E-state index contributed by atoms with van der Waals surface area (Å²) < 4.78 is 53.4. The molecule has 0 atom stereocenters. The van der Waals surface area contributed by atoms with E-state index in [2.05, 4.69) is 10.0 Å². The first-order chi connectivity index (χ1) is 14.2. The van der Waals surface area contributed by atoms with Gasteiger partial charge in [-0.2, -0.15) is 4.31 Å². The van der Waals surface area contributed by atoms with Crippen LogP contribution in [0.1, 0.15) is 37.0 Å². The van der Waals surface area contributed by atoms with Gasteiger partial charge in [0.05, 0.1) is 9.79 Å². The lowest BCUT2D eigenvalue weighted by atomic mass is 10.2. The topological polar surface area (TPSA) is 113 Å². The minimum absolute atomic E-state index is 0.00601. The van der Waals surface area contributed by atoms with Gasteiger partial charge in [0, 0.05) is 30.4 Å². The van der Waals surface area contributed by atoms with Crippen LogP contribution in [0.5, 0.6) is 0 Å². The molecule has 0 unspecified atom stereocenters. The van der Waals surface area contributed by atoms with Crippen LogP contribution in [0.15, 0.2) is 58.3 Å². The Morgan fingerprint density at radius 1 is 0.900 bits per heavy atom. The number of anilines is 1. The van der Waals surface area contributed by atoms with Gasteiger partial charge >= 0.3 is 0 Å². The zero-order chi connectivity index (χ0) is 21.9. The predicted octanol–water partition coefficient (Wildman–Crippen LogP) is 2.41. The maximum Gasteiger partial charge on any atom is 0.255 e. The molecule has 0 bridgehead atoms. The SMILES string of the molecule is CCN(CC)S(=O)(=O)c1ccc(NC(=O)c2ccc(S(=O)(=O)NC3CC3)cc2)cc1. The fourth-order valence-corrected chi connectivity index (χ4v) is 5.66. The van der Waals surface area contributed by atoms with Crippen LogP contribution in [0.4, 0.5) is 5.69 Å². The van der Waals surface area contributed by atoms with E-state index in [9.17, 15) is 21.6 Å². The molecule has 2 aromatic carbocycles. The summed E-state index contributed by atoms with van der Waals surface area (Å²) in [6.45, 7) is 4.29. The van der Waals surface area contributed by atoms with E-state index in [1.807, 2.05) is 0 Å². The molecule has 0 radical (unpaired) electrons. The summed E-state index contributed by atoms with van der Waals surface area (Å²) in [6, 6.07) is 11.6. The Bertz CT molecular complexity index is 1100. The first-order valence-corrected chi connectivity index (χ1v) is 12.6. The average Bonchev–Trinajstić information content (AvgIpc) is 3.52. The van der Waals surface area contributed by atoms with E-state index in [0.29, 0.717) is 24.3 Å². The highest BCUT2D eigenvalue weighted by Gasteiger charge is 2.28. The first-order valence-electron chi connectivity index (χ1n) is 9.71. The minimum Gasteiger partial charge on any atom is -0.322 e. The number of hydrogen-bond donors (Lipinski definition) is 2. The molecule has 30 heavy (non-hydrogen) atoms. The smallest absolute Gasteiger partial charge is 0.255 e. The van der Waals surface area contributed by atoms with Crippen LogP contribution in [0.25, 0.3) is 0 Å². The molecule has 3 rings (SSSR count). The Labute approximate surface area is 177 Å². The van der Waals surface area contributed by atoms with Crippen LogP contribution in [0.3, 0.4) is 0 Å². The van der Waals surface area contributed by atoms with Crippen molar-refractivity contribution in [3.05, 3.63) is 54.1 Å². The van der Waals surface area contributed by atoms with Crippen molar-refractivity contribution in [2.45, 2.75) is 42.5 Å². The number of carbonyl (C=O) groups excluding carboxylic acids is 1. The second-order valence-electron chi connectivity index (χ2n) is 6.99. The third kappa shape index (κ3) is 5.07. The largest absolute Gasteiger partial charge is 0.322 e. The fraction of sp³-hybridized carbons (Fsp3) is 0.350. The number of nitrogens with one attached hydrogen (secondary N) is 2. The van der Waals surface area contributed by atoms with Crippen LogP contribution in [0, 0.1) is 0 Å². The third-order valence-corrected chi connectivity index (χ3v) is 8.38. The minimum atomic E-state index is -3.57. The van der Waals surface area contributed by atoms with Crippen LogP contribution in [0.2, 0.25) is 0 Å². The Balaban J connectivity index is 1.68. The lowest BCUT2D eigenvalue weighted by Crippen LogP contribution is -2.30. The zero-order valence-corrected chi connectivity index (χ0v) is 18.5. The Morgan fingerprint density at radius 2 is 1.43 bits per heavy atom. The maximum atomic E-state index is 12.5. The summed E-state index contributed by atoms with van der Waals surface area (Å²) in [5.74, 6) is -0.423. The highest BCUT2D eigenvalue weighted by atomic mass is 32.2. The molecule has 162 valence electrons. The molecule has 1 aliphatic rings. The van der Waals surface area contributed by atoms with Gasteiger partial charge in [-0.3, -0.25) is 4.79 Å². The number of benzene rings is 2. The number of sulfonamides is 2. The van der Waals surface area contributed by atoms with Gasteiger partial charge in [0.2, 0.25) is 20.0 Å². The molecular weight excluding hydrogens is 426 g/mol. The van der Waals surface area contributed by atoms with Crippen molar-refractivity contribution in [2.75, 3.05) is 18.4 Å². The first kappa shape index (κ1) is 22.4. The molecule has 0 aliphatic heterocycles. The van der Waals surface area contributed by atoms with Gasteiger partial charge in [0.15, 0.2) is 0 Å². The molecular formula is C20H25N3O5S2. The van der Waals surface area contributed by atoms with Crippen molar-refractivity contribution < 1.29 is 21.6 Å².